The van der Waals surface area contributed by atoms with Crippen LogP contribution in [0.15, 0.2) is 120 Å². The fraction of sp³-hybridized carbons (Fsp3) is 0.132. The summed E-state index contributed by atoms with van der Waals surface area (Å²) in [5.41, 5.74) is 8.66. The number of hydrogen-bond acceptors (Lipinski definition) is 6. The summed E-state index contributed by atoms with van der Waals surface area (Å²) in [6.45, 7) is 2.22. The Morgan fingerprint density at radius 2 is 1.59 bits per heavy atom. The zero-order valence-electron chi connectivity index (χ0n) is 24.3. The van der Waals surface area contributed by atoms with Gasteiger partial charge in [0.25, 0.3) is 0 Å². The van der Waals surface area contributed by atoms with Crippen LogP contribution in [-0.4, -0.2) is 24.9 Å². The lowest BCUT2D eigenvalue weighted by Crippen LogP contribution is -2.07. The van der Waals surface area contributed by atoms with Gasteiger partial charge >= 0.3 is 0 Å². The van der Waals surface area contributed by atoms with Crippen LogP contribution in [0.25, 0.3) is 66.7 Å². The predicted octanol–water partition coefficient (Wildman–Crippen LogP) is 9.27. The van der Waals surface area contributed by atoms with Crippen LogP contribution in [-0.2, 0) is 0 Å². The lowest BCUT2D eigenvalue weighted by Gasteiger charge is -2.15. The van der Waals surface area contributed by atoms with Gasteiger partial charge in [0.05, 0.1) is 0 Å². The second-order valence-corrected chi connectivity index (χ2v) is 11.4. The Kier molecular flexibility index (Phi) is 6.52. The summed E-state index contributed by atoms with van der Waals surface area (Å²) >= 11 is 0. The molecule has 0 fully saturated rings. The van der Waals surface area contributed by atoms with Crippen molar-refractivity contribution in [3.05, 3.63) is 127 Å². The standard InChI is InChI=1S/C38H29N5O/c1-24-9-5-12-26(19-24)37-41-36(25-10-3-2-4-11-25)42-38(43-37)30-15-6-16-33-34(30)32-21-29(27-13-7-17-39-22-27)20-31(35(32)44-33)28-14-8-18-40-23-28/h2-3,5-8,10,12-24H,4,9,11H2,1H3. The Morgan fingerprint density at radius 1 is 0.773 bits per heavy atom. The largest absolute Gasteiger partial charge is 0.455 e. The van der Waals surface area contributed by atoms with Crippen molar-refractivity contribution in [2.75, 3.05) is 0 Å². The molecule has 0 bridgehead atoms. The van der Waals surface area contributed by atoms with Gasteiger partial charge in [0.1, 0.15) is 11.2 Å². The molecule has 6 heteroatoms. The molecule has 6 aromatic rings. The van der Waals surface area contributed by atoms with E-state index < -0.39 is 0 Å². The zero-order chi connectivity index (χ0) is 29.5. The highest BCUT2D eigenvalue weighted by Crippen LogP contribution is 2.42. The molecule has 2 aromatic carbocycles. The van der Waals surface area contributed by atoms with Crippen molar-refractivity contribution in [2.24, 2.45) is 5.92 Å². The summed E-state index contributed by atoms with van der Waals surface area (Å²) in [5.74, 6) is 2.48. The molecule has 0 radical (unpaired) electrons. The van der Waals surface area contributed by atoms with E-state index in [0.29, 0.717) is 17.6 Å². The van der Waals surface area contributed by atoms with E-state index in [1.54, 1.807) is 12.4 Å². The summed E-state index contributed by atoms with van der Waals surface area (Å²) in [7, 11) is 0. The summed E-state index contributed by atoms with van der Waals surface area (Å²) in [6, 6.07) is 18.5. The summed E-state index contributed by atoms with van der Waals surface area (Å²) in [6.07, 6.45) is 23.2. The van der Waals surface area contributed by atoms with E-state index in [2.05, 4.69) is 83.7 Å². The van der Waals surface area contributed by atoms with Crippen LogP contribution in [0.2, 0.25) is 0 Å². The van der Waals surface area contributed by atoms with Gasteiger partial charge in [-0.25, -0.2) is 15.0 Å². The summed E-state index contributed by atoms with van der Waals surface area (Å²) in [5, 5.41) is 1.96. The Bertz CT molecular complexity index is 2160. The van der Waals surface area contributed by atoms with Crippen molar-refractivity contribution < 1.29 is 4.42 Å². The third kappa shape index (κ3) is 4.74. The second kappa shape index (κ2) is 11.0. The van der Waals surface area contributed by atoms with E-state index in [-0.39, 0.29) is 0 Å². The van der Waals surface area contributed by atoms with Gasteiger partial charge in [0.15, 0.2) is 17.5 Å². The topological polar surface area (TPSA) is 77.6 Å². The van der Waals surface area contributed by atoms with E-state index in [0.717, 1.165) is 86.0 Å². The highest BCUT2D eigenvalue weighted by atomic mass is 16.3. The lowest BCUT2D eigenvalue weighted by molar-refractivity contribution is 0.670. The molecule has 2 aliphatic rings. The van der Waals surface area contributed by atoms with Crippen LogP contribution in [0.1, 0.15) is 37.8 Å². The van der Waals surface area contributed by atoms with Crippen molar-refractivity contribution in [3.8, 4) is 33.6 Å². The monoisotopic (exact) mass is 571 g/mol. The maximum absolute atomic E-state index is 6.64. The molecule has 1 atom stereocenters. The molecule has 6 nitrogen and oxygen atoms in total. The minimum atomic E-state index is 0.425. The van der Waals surface area contributed by atoms with E-state index in [4.69, 9.17) is 19.4 Å². The van der Waals surface area contributed by atoms with Crippen molar-refractivity contribution >= 4 is 33.1 Å². The fourth-order valence-electron chi connectivity index (χ4n) is 6.10. The Balaban J connectivity index is 1.41. The number of benzene rings is 2. The average Bonchev–Trinajstić information content (AvgIpc) is 3.48. The first kappa shape index (κ1) is 26.2. The van der Waals surface area contributed by atoms with Crippen molar-refractivity contribution in [1.82, 2.24) is 24.9 Å². The summed E-state index contributed by atoms with van der Waals surface area (Å²) < 4.78 is 6.64. The Labute approximate surface area is 255 Å². The number of rotatable bonds is 5. The average molecular weight is 572 g/mol. The molecule has 44 heavy (non-hydrogen) atoms. The normalized spacial score (nSPS) is 16.3. The maximum atomic E-state index is 6.64. The summed E-state index contributed by atoms with van der Waals surface area (Å²) in [4.78, 5) is 24.0. The third-order valence-electron chi connectivity index (χ3n) is 8.27. The van der Waals surface area contributed by atoms with E-state index in [1.165, 1.54) is 0 Å². The predicted molar refractivity (Wildman–Crippen MR) is 176 cm³/mol. The first-order valence-electron chi connectivity index (χ1n) is 15.0. The van der Waals surface area contributed by atoms with Gasteiger partial charge in [-0.05, 0) is 66.6 Å². The molecule has 4 aromatic heterocycles. The van der Waals surface area contributed by atoms with E-state index in [1.807, 2.05) is 36.7 Å². The minimum Gasteiger partial charge on any atom is -0.455 e. The van der Waals surface area contributed by atoms with Crippen LogP contribution in [0, 0.1) is 5.92 Å². The second-order valence-electron chi connectivity index (χ2n) is 11.4. The van der Waals surface area contributed by atoms with Crippen molar-refractivity contribution in [1.29, 1.82) is 0 Å². The number of allylic oxidation sites excluding steroid dienone is 8. The van der Waals surface area contributed by atoms with Crippen LogP contribution in [0.5, 0.6) is 0 Å². The van der Waals surface area contributed by atoms with Crippen molar-refractivity contribution in [3.63, 3.8) is 0 Å². The SMILES string of the molecule is CC1C=C(c2nc(C3=CC=CCC3)nc(-c3cccc4oc5c(-c6cccnc6)cc(-c6cccnc6)cc5c34)n2)C=CC1. The third-order valence-corrected chi connectivity index (χ3v) is 8.27. The first-order valence-corrected chi connectivity index (χ1v) is 15.0. The van der Waals surface area contributed by atoms with Crippen LogP contribution in [0.4, 0.5) is 0 Å². The van der Waals surface area contributed by atoms with Crippen LogP contribution < -0.4 is 0 Å². The van der Waals surface area contributed by atoms with E-state index in [9.17, 15) is 0 Å². The Hall–Kier alpha value is -5.49. The Morgan fingerprint density at radius 3 is 2.36 bits per heavy atom. The zero-order valence-corrected chi connectivity index (χ0v) is 24.3. The molecule has 0 spiro atoms. The molecule has 4 heterocycles. The lowest BCUT2D eigenvalue weighted by atomic mass is 9.95. The highest BCUT2D eigenvalue weighted by Gasteiger charge is 2.22. The molecule has 0 saturated heterocycles. The number of nitrogens with zero attached hydrogens (tertiary/aromatic N) is 5. The molecule has 8 rings (SSSR count). The molecule has 0 N–H and O–H groups in total. The van der Waals surface area contributed by atoms with Crippen LogP contribution >= 0.6 is 0 Å². The molecule has 0 saturated carbocycles. The van der Waals surface area contributed by atoms with E-state index >= 15 is 0 Å². The van der Waals surface area contributed by atoms with Gasteiger partial charge in [-0.15, -0.1) is 0 Å². The van der Waals surface area contributed by atoms with Crippen molar-refractivity contribution in [2.45, 2.75) is 26.2 Å². The quantitative estimate of drug-likeness (QED) is 0.205. The smallest absolute Gasteiger partial charge is 0.164 e. The van der Waals surface area contributed by atoms with Gasteiger partial charge < -0.3 is 4.42 Å². The number of hydrogen-bond donors (Lipinski definition) is 0. The highest BCUT2D eigenvalue weighted by molar-refractivity contribution is 6.16. The number of aromatic nitrogens is 5. The van der Waals surface area contributed by atoms with Gasteiger partial charge in [-0.1, -0.05) is 67.6 Å². The van der Waals surface area contributed by atoms with Gasteiger partial charge in [-0.2, -0.15) is 0 Å². The first-order chi connectivity index (χ1) is 21.7. The molecule has 0 aliphatic heterocycles. The maximum Gasteiger partial charge on any atom is 0.164 e. The molecular weight excluding hydrogens is 542 g/mol. The number of pyridine rings is 2. The minimum absolute atomic E-state index is 0.425. The molecule has 0 amide bonds. The number of fused-ring (bicyclic) bond motifs is 3. The fourth-order valence-corrected chi connectivity index (χ4v) is 6.10. The molecule has 1 unspecified atom stereocenters. The molecular formula is C38H29N5O. The number of furan rings is 1. The van der Waals surface area contributed by atoms with Gasteiger partial charge in [0, 0.05) is 63.4 Å². The van der Waals surface area contributed by atoms with Crippen LogP contribution in [0.3, 0.4) is 0 Å². The molecule has 212 valence electrons. The van der Waals surface area contributed by atoms with Gasteiger partial charge in [0.2, 0.25) is 0 Å². The van der Waals surface area contributed by atoms with Gasteiger partial charge in [-0.3, -0.25) is 9.97 Å². The molecule has 2 aliphatic carbocycles.